The van der Waals surface area contributed by atoms with Crippen LogP contribution >= 0.6 is 0 Å². The lowest BCUT2D eigenvalue weighted by molar-refractivity contribution is -0.131. The Morgan fingerprint density at radius 1 is 1.43 bits per heavy atom. The Morgan fingerprint density at radius 2 is 2.24 bits per heavy atom. The number of hydrogen-bond donors (Lipinski definition) is 2. The third-order valence-electron chi connectivity index (χ3n) is 2.73. The first-order valence-electron chi connectivity index (χ1n) is 6.18. The van der Waals surface area contributed by atoms with Gasteiger partial charge in [-0.3, -0.25) is 4.79 Å². The Balaban J connectivity index is 2.09. The summed E-state index contributed by atoms with van der Waals surface area (Å²) in [4.78, 5) is 26.2. The van der Waals surface area contributed by atoms with Crippen molar-refractivity contribution in [1.29, 1.82) is 0 Å². The quantitative estimate of drug-likeness (QED) is 0.808. The summed E-state index contributed by atoms with van der Waals surface area (Å²) >= 11 is 0. The van der Waals surface area contributed by atoms with E-state index in [1.807, 2.05) is 13.0 Å². The fourth-order valence-electron chi connectivity index (χ4n) is 1.70. The van der Waals surface area contributed by atoms with Crippen molar-refractivity contribution in [2.24, 2.45) is 0 Å². The summed E-state index contributed by atoms with van der Waals surface area (Å²) in [6.07, 6.45) is 5.33. The van der Waals surface area contributed by atoms with E-state index in [1.165, 1.54) is 23.4 Å². The van der Waals surface area contributed by atoms with Crippen LogP contribution in [0.25, 0.3) is 6.08 Å². The highest BCUT2D eigenvalue weighted by Gasteiger charge is 2.06. The van der Waals surface area contributed by atoms with Crippen LogP contribution in [0.2, 0.25) is 0 Å². The van der Waals surface area contributed by atoms with Crippen molar-refractivity contribution in [3.8, 4) is 0 Å². The van der Waals surface area contributed by atoms with Crippen LogP contribution in [0.3, 0.4) is 0 Å². The molecule has 0 radical (unpaired) electrons. The molecule has 0 aliphatic rings. The summed E-state index contributed by atoms with van der Waals surface area (Å²) < 4.78 is 1.42. The molecule has 21 heavy (non-hydrogen) atoms. The first-order chi connectivity index (χ1) is 10.0. The van der Waals surface area contributed by atoms with Crippen LogP contribution in [-0.4, -0.2) is 31.7 Å². The van der Waals surface area contributed by atoms with Gasteiger partial charge in [-0.1, -0.05) is 12.1 Å². The third kappa shape index (κ3) is 4.27. The molecule has 1 aromatic carbocycles. The summed E-state index contributed by atoms with van der Waals surface area (Å²) in [5.74, 6) is -1.25. The lowest BCUT2D eigenvalue weighted by atomic mass is 10.1. The van der Waals surface area contributed by atoms with Crippen LogP contribution in [0.15, 0.2) is 36.9 Å². The number of rotatable bonds is 5. The van der Waals surface area contributed by atoms with Crippen LogP contribution in [0.1, 0.15) is 11.1 Å². The molecule has 0 aliphatic carbocycles. The second-order valence-corrected chi connectivity index (χ2v) is 4.39. The molecule has 7 nitrogen and oxygen atoms in total. The molecule has 0 spiro atoms. The van der Waals surface area contributed by atoms with Gasteiger partial charge in [0.25, 0.3) is 0 Å². The van der Waals surface area contributed by atoms with E-state index in [4.69, 9.17) is 5.11 Å². The number of anilines is 1. The zero-order valence-electron chi connectivity index (χ0n) is 11.4. The molecule has 1 aromatic heterocycles. The highest BCUT2D eigenvalue weighted by molar-refractivity contribution is 5.92. The van der Waals surface area contributed by atoms with E-state index in [0.717, 1.165) is 11.6 Å². The fraction of sp³-hybridized carbons (Fsp3) is 0.143. The maximum atomic E-state index is 11.9. The van der Waals surface area contributed by atoms with Gasteiger partial charge in [-0.2, -0.15) is 5.10 Å². The SMILES string of the molecule is Cc1ccc(C=CC(=O)O)cc1NC(=O)Cn1cncn1. The lowest BCUT2D eigenvalue weighted by Crippen LogP contribution is -2.19. The average Bonchev–Trinajstić information content (AvgIpc) is 2.92. The number of carbonyl (C=O) groups is 2. The molecule has 2 aromatic rings. The Hall–Kier alpha value is -2.96. The maximum absolute atomic E-state index is 11.9. The second-order valence-electron chi connectivity index (χ2n) is 4.39. The molecule has 108 valence electrons. The third-order valence-corrected chi connectivity index (χ3v) is 2.73. The summed E-state index contributed by atoms with van der Waals surface area (Å²) in [5.41, 5.74) is 2.21. The topological polar surface area (TPSA) is 97.1 Å². The highest BCUT2D eigenvalue weighted by Crippen LogP contribution is 2.18. The van der Waals surface area contributed by atoms with Crippen molar-refractivity contribution in [3.05, 3.63) is 48.1 Å². The van der Waals surface area contributed by atoms with E-state index >= 15 is 0 Å². The normalized spacial score (nSPS) is 10.7. The number of aryl methyl sites for hydroxylation is 1. The predicted molar refractivity (Wildman–Crippen MR) is 76.5 cm³/mol. The van der Waals surface area contributed by atoms with Crippen LogP contribution in [-0.2, 0) is 16.1 Å². The largest absolute Gasteiger partial charge is 0.478 e. The van der Waals surface area contributed by atoms with Gasteiger partial charge in [-0.05, 0) is 30.2 Å². The molecule has 0 saturated carbocycles. The lowest BCUT2D eigenvalue weighted by Gasteiger charge is -2.09. The van der Waals surface area contributed by atoms with Crippen LogP contribution in [0, 0.1) is 6.92 Å². The average molecular weight is 286 g/mol. The minimum Gasteiger partial charge on any atom is -0.478 e. The van der Waals surface area contributed by atoms with Crippen molar-refractivity contribution in [1.82, 2.24) is 14.8 Å². The summed E-state index contributed by atoms with van der Waals surface area (Å²) in [7, 11) is 0. The van der Waals surface area contributed by atoms with E-state index in [1.54, 1.807) is 12.1 Å². The van der Waals surface area contributed by atoms with Crippen LogP contribution < -0.4 is 5.32 Å². The van der Waals surface area contributed by atoms with Crippen molar-refractivity contribution < 1.29 is 14.7 Å². The summed E-state index contributed by atoms with van der Waals surface area (Å²) in [5, 5.41) is 15.2. The molecule has 0 fully saturated rings. The molecular formula is C14H14N4O3. The first kappa shape index (κ1) is 14.4. The molecule has 7 heteroatoms. The number of hydrogen-bond acceptors (Lipinski definition) is 4. The number of benzene rings is 1. The zero-order chi connectivity index (χ0) is 15.2. The second kappa shape index (κ2) is 6.47. The molecule has 1 heterocycles. The maximum Gasteiger partial charge on any atom is 0.328 e. The van der Waals surface area contributed by atoms with Gasteiger partial charge in [-0.25, -0.2) is 14.5 Å². The smallest absolute Gasteiger partial charge is 0.328 e. The molecule has 2 rings (SSSR count). The molecule has 0 bridgehead atoms. The van der Waals surface area contributed by atoms with Crippen molar-refractivity contribution >= 4 is 23.6 Å². The molecule has 0 atom stereocenters. The van der Waals surface area contributed by atoms with Gasteiger partial charge in [0.15, 0.2) is 0 Å². The molecule has 1 amide bonds. The van der Waals surface area contributed by atoms with Gasteiger partial charge < -0.3 is 10.4 Å². The minimum atomic E-state index is -1.02. The van der Waals surface area contributed by atoms with Crippen molar-refractivity contribution in [2.45, 2.75) is 13.5 Å². The number of carboxylic acid groups (broad SMARTS) is 1. The Morgan fingerprint density at radius 3 is 2.90 bits per heavy atom. The number of carboxylic acids is 1. The van der Waals surface area contributed by atoms with E-state index in [9.17, 15) is 9.59 Å². The first-order valence-corrected chi connectivity index (χ1v) is 6.18. The molecule has 2 N–H and O–H groups in total. The monoisotopic (exact) mass is 286 g/mol. The number of nitrogens with zero attached hydrogens (tertiary/aromatic N) is 3. The summed E-state index contributed by atoms with van der Waals surface area (Å²) in [6.45, 7) is 1.92. The fourth-order valence-corrected chi connectivity index (χ4v) is 1.70. The molecular weight excluding hydrogens is 272 g/mol. The number of carbonyl (C=O) groups excluding carboxylic acids is 1. The minimum absolute atomic E-state index is 0.0641. The van der Waals surface area contributed by atoms with Gasteiger partial charge in [0.05, 0.1) is 0 Å². The van der Waals surface area contributed by atoms with Crippen LogP contribution in [0.4, 0.5) is 5.69 Å². The van der Waals surface area contributed by atoms with Gasteiger partial charge in [-0.15, -0.1) is 0 Å². The van der Waals surface area contributed by atoms with E-state index in [0.29, 0.717) is 11.3 Å². The zero-order valence-corrected chi connectivity index (χ0v) is 11.4. The Kier molecular flexibility index (Phi) is 4.45. The van der Waals surface area contributed by atoms with E-state index < -0.39 is 5.97 Å². The van der Waals surface area contributed by atoms with E-state index in [-0.39, 0.29) is 12.5 Å². The van der Waals surface area contributed by atoms with Crippen molar-refractivity contribution in [2.75, 3.05) is 5.32 Å². The molecule has 0 aliphatic heterocycles. The predicted octanol–water partition coefficient (Wildman–Crippen LogP) is 1.32. The highest BCUT2D eigenvalue weighted by atomic mass is 16.4. The number of aliphatic carboxylic acids is 1. The molecule has 0 saturated heterocycles. The number of amides is 1. The number of aromatic nitrogens is 3. The number of nitrogens with one attached hydrogen (secondary N) is 1. The van der Waals surface area contributed by atoms with Crippen LogP contribution in [0.5, 0.6) is 0 Å². The standard InChI is InChI=1S/C14H14N4O3/c1-10-2-3-11(4-5-14(20)21)6-12(10)17-13(19)7-18-9-15-8-16-18/h2-6,8-9H,7H2,1H3,(H,17,19)(H,20,21). The van der Waals surface area contributed by atoms with Gasteiger partial charge in [0, 0.05) is 11.8 Å². The van der Waals surface area contributed by atoms with Gasteiger partial charge in [0.1, 0.15) is 19.2 Å². The summed E-state index contributed by atoms with van der Waals surface area (Å²) in [6, 6.07) is 5.31. The van der Waals surface area contributed by atoms with Gasteiger partial charge in [0.2, 0.25) is 5.91 Å². The Bertz CT molecular complexity index is 678. The van der Waals surface area contributed by atoms with E-state index in [2.05, 4.69) is 15.4 Å². The molecule has 0 unspecified atom stereocenters. The van der Waals surface area contributed by atoms with Crippen molar-refractivity contribution in [3.63, 3.8) is 0 Å². The van der Waals surface area contributed by atoms with Gasteiger partial charge >= 0.3 is 5.97 Å². The Labute approximate surface area is 120 Å².